The summed E-state index contributed by atoms with van der Waals surface area (Å²) in [6.45, 7) is 0.658. The summed E-state index contributed by atoms with van der Waals surface area (Å²) in [5.74, 6) is -0.476. The van der Waals surface area contributed by atoms with Crippen LogP contribution in [0.15, 0.2) is 53.0 Å². The molecule has 1 saturated heterocycles. The molecule has 8 heteroatoms. The first kappa shape index (κ1) is 20.4. The summed E-state index contributed by atoms with van der Waals surface area (Å²) in [5.41, 5.74) is -0.103. The van der Waals surface area contributed by atoms with Gasteiger partial charge in [0.25, 0.3) is 5.91 Å². The van der Waals surface area contributed by atoms with Crippen molar-refractivity contribution in [2.75, 3.05) is 13.1 Å². The molecule has 1 fully saturated rings. The third kappa shape index (κ3) is 4.92. The molecule has 1 N–H and O–H groups in total. The van der Waals surface area contributed by atoms with E-state index >= 15 is 0 Å². The smallest absolute Gasteiger partial charge is 0.343 e. The van der Waals surface area contributed by atoms with Crippen molar-refractivity contribution in [1.29, 1.82) is 0 Å². The molecule has 1 aliphatic heterocycles. The summed E-state index contributed by atoms with van der Waals surface area (Å²) < 4.78 is 40.1. The van der Waals surface area contributed by atoms with Gasteiger partial charge in [0, 0.05) is 29.5 Å². The molecule has 2 amide bonds. The highest BCUT2D eigenvalue weighted by Gasteiger charge is 2.32. The zero-order chi connectivity index (χ0) is 20.3. The van der Waals surface area contributed by atoms with Crippen molar-refractivity contribution in [3.8, 4) is 0 Å². The predicted molar refractivity (Wildman–Crippen MR) is 102 cm³/mol. The lowest BCUT2D eigenvalue weighted by atomic mass is 10.0. The van der Waals surface area contributed by atoms with Crippen LogP contribution >= 0.6 is 15.9 Å². The molecule has 1 heterocycles. The SMILES string of the molecule is O=C(NC(CN1CCCC1=O)c1cccc(C(F)(F)F)c1)c1ccc(Br)cc1. The number of hydrogen-bond donors (Lipinski definition) is 1. The zero-order valence-electron chi connectivity index (χ0n) is 14.8. The van der Waals surface area contributed by atoms with Gasteiger partial charge in [-0.3, -0.25) is 9.59 Å². The molecular weight excluding hydrogens is 437 g/mol. The highest BCUT2D eigenvalue weighted by Crippen LogP contribution is 2.31. The fraction of sp³-hybridized carbons (Fsp3) is 0.300. The van der Waals surface area contributed by atoms with Crippen molar-refractivity contribution in [1.82, 2.24) is 10.2 Å². The van der Waals surface area contributed by atoms with Crippen LogP contribution in [-0.4, -0.2) is 29.8 Å². The van der Waals surface area contributed by atoms with Crippen LogP contribution in [0.4, 0.5) is 13.2 Å². The summed E-state index contributed by atoms with van der Waals surface area (Å²) in [5, 5.41) is 2.78. The van der Waals surface area contributed by atoms with Crippen molar-refractivity contribution in [2.24, 2.45) is 0 Å². The number of hydrogen-bond acceptors (Lipinski definition) is 2. The van der Waals surface area contributed by atoms with Crippen molar-refractivity contribution in [3.63, 3.8) is 0 Å². The molecule has 0 radical (unpaired) electrons. The topological polar surface area (TPSA) is 49.4 Å². The minimum absolute atomic E-state index is 0.0603. The van der Waals surface area contributed by atoms with Gasteiger partial charge in [0.1, 0.15) is 0 Å². The number of nitrogens with zero attached hydrogens (tertiary/aromatic N) is 1. The van der Waals surface area contributed by atoms with E-state index in [1.54, 1.807) is 29.2 Å². The van der Waals surface area contributed by atoms with Crippen LogP contribution in [0.1, 0.15) is 40.4 Å². The van der Waals surface area contributed by atoms with Crippen molar-refractivity contribution in [2.45, 2.75) is 25.1 Å². The lowest BCUT2D eigenvalue weighted by Gasteiger charge is -2.26. The fourth-order valence-electron chi connectivity index (χ4n) is 3.13. The number of rotatable bonds is 5. The van der Waals surface area contributed by atoms with E-state index in [9.17, 15) is 22.8 Å². The predicted octanol–water partition coefficient (Wildman–Crippen LogP) is 4.56. The maximum atomic E-state index is 13.1. The average Bonchev–Trinajstić information content (AvgIpc) is 3.06. The van der Waals surface area contributed by atoms with E-state index in [1.165, 1.54) is 12.1 Å². The summed E-state index contributed by atoms with van der Waals surface area (Å²) in [4.78, 5) is 26.2. The number of amides is 2. The summed E-state index contributed by atoms with van der Waals surface area (Å²) in [7, 11) is 0. The van der Waals surface area contributed by atoms with E-state index in [2.05, 4.69) is 21.2 Å². The number of carbonyl (C=O) groups excluding carboxylic acids is 2. The van der Waals surface area contributed by atoms with E-state index in [1.807, 2.05) is 0 Å². The van der Waals surface area contributed by atoms with Crippen molar-refractivity contribution >= 4 is 27.7 Å². The Morgan fingerprint density at radius 1 is 1.18 bits per heavy atom. The number of alkyl halides is 3. The molecule has 3 rings (SSSR count). The first-order valence-corrected chi connectivity index (χ1v) is 9.55. The quantitative estimate of drug-likeness (QED) is 0.719. The lowest BCUT2D eigenvalue weighted by Crippen LogP contribution is -2.38. The summed E-state index contributed by atoms with van der Waals surface area (Å²) in [6.07, 6.45) is -3.37. The van der Waals surface area contributed by atoms with Crippen LogP contribution in [0.25, 0.3) is 0 Å². The normalized spacial score (nSPS) is 15.6. The Bertz CT molecular complexity index is 868. The van der Waals surface area contributed by atoms with E-state index in [4.69, 9.17) is 0 Å². The Morgan fingerprint density at radius 2 is 1.89 bits per heavy atom. The number of likely N-dealkylation sites (tertiary alicyclic amines) is 1. The molecule has 0 aromatic heterocycles. The van der Waals surface area contributed by atoms with Crippen LogP contribution in [0.2, 0.25) is 0 Å². The molecule has 4 nitrogen and oxygen atoms in total. The molecular formula is C20H18BrF3N2O2. The van der Waals surface area contributed by atoms with Gasteiger partial charge in [0.05, 0.1) is 11.6 Å². The molecule has 1 unspecified atom stereocenters. The third-order valence-corrected chi connectivity index (χ3v) is 5.13. The summed E-state index contributed by atoms with van der Waals surface area (Å²) >= 11 is 3.29. The van der Waals surface area contributed by atoms with Gasteiger partial charge >= 0.3 is 6.18 Å². The van der Waals surface area contributed by atoms with Gasteiger partial charge in [-0.2, -0.15) is 13.2 Å². The van der Waals surface area contributed by atoms with Crippen molar-refractivity contribution in [3.05, 3.63) is 69.7 Å². The first-order chi connectivity index (χ1) is 13.2. The van der Waals surface area contributed by atoms with E-state index in [0.717, 1.165) is 16.6 Å². The molecule has 0 aliphatic carbocycles. The third-order valence-electron chi connectivity index (χ3n) is 4.60. The fourth-order valence-corrected chi connectivity index (χ4v) is 3.39. The Labute approximate surface area is 168 Å². The van der Waals surface area contributed by atoms with Gasteiger partial charge in [-0.25, -0.2) is 0 Å². The second-order valence-corrected chi connectivity index (χ2v) is 7.52. The molecule has 148 valence electrons. The first-order valence-electron chi connectivity index (χ1n) is 8.75. The van der Waals surface area contributed by atoms with Gasteiger partial charge in [0.15, 0.2) is 0 Å². The minimum atomic E-state index is -4.49. The van der Waals surface area contributed by atoms with Crippen LogP contribution in [-0.2, 0) is 11.0 Å². The second kappa shape index (κ2) is 8.34. The maximum absolute atomic E-state index is 13.1. The molecule has 1 aliphatic rings. The molecule has 2 aromatic rings. The maximum Gasteiger partial charge on any atom is 0.416 e. The molecule has 2 aromatic carbocycles. The van der Waals surface area contributed by atoms with E-state index in [0.29, 0.717) is 30.5 Å². The number of benzene rings is 2. The molecule has 0 bridgehead atoms. The average molecular weight is 455 g/mol. The standard InChI is InChI=1S/C20H18BrF3N2O2/c21-16-8-6-13(7-9-16)19(28)25-17(12-26-10-2-5-18(26)27)14-3-1-4-15(11-14)20(22,23)24/h1,3-4,6-9,11,17H,2,5,10,12H2,(H,25,28). The molecule has 28 heavy (non-hydrogen) atoms. The van der Waals surface area contributed by atoms with Crippen LogP contribution in [0.5, 0.6) is 0 Å². The summed E-state index contributed by atoms with van der Waals surface area (Å²) in [6, 6.07) is 10.7. The number of nitrogens with one attached hydrogen (secondary N) is 1. The van der Waals surface area contributed by atoms with E-state index < -0.39 is 23.7 Å². The Hall–Kier alpha value is -2.35. The zero-order valence-corrected chi connectivity index (χ0v) is 16.4. The van der Waals surface area contributed by atoms with Gasteiger partial charge in [-0.05, 0) is 48.4 Å². The molecule has 0 saturated carbocycles. The lowest BCUT2D eigenvalue weighted by molar-refractivity contribution is -0.137. The molecule has 1 atom stereocenters. The van der Waals surface area contributed by atoms with Crippen LogP contribution < -0.4 is 5.32 Å². The van der Waals surface area contributed by atoms with Crippen LogP contribution in [0.3, 0.4) is 0 Å². The Morgan fingerprint density at radius 3 is 2.50 bits per heavy atom. The Balaban J connectivity index is 1.87. The van der Waals surface area contributed by atoms with Gasteiger partial charge < -0.3 is 10.2 Å². The van der Waals surface area contributed by atoms with E-state index in [-0.39, 0.29) is 12.5 Å². The van der Waals surface area contributed by atoms with Crippen molar-refractivity contribution < 1.29 is 22.8 Å². The minimum Gasteiger partial charge on any atom is -0.343 e. The molecule has 0 spiro atoms. The number of carbonyl (C=O) groups is 2. The van der Waals surface area contributed by atoms with Crippen LogP contribution in [0, 0.1) is 0 Å². The largest absolute Gasteiger partial charge is 0.416 e. The second-order valence-electron chi connectivity index (χ2n) is 6.60. The number of halogens is 4. The highest BCUT2D eigenvalue weighted by atomic mass is 79.9. The van der Waals surface area contributed by atoms with Gasteiger partial charge in [-0.15, -0.1) is 0 Å². The Kier molecular flexibility index (Phi) is 6.07. The van der Waals surface area contributed by atoms with Gasteiger partial charge in [0.2, 0.25) is 5.91 Å². The highest BCUT2D eigenvalue weighted by molar-refractivity contribution is 9.10. The monoisotopic (exact) mass is 454 g/mol. The van der Waals surface area contributed by atoms with Gasteiger partial charge in [-0.1, -0.05) is 28.1 Å².